The molecule has 9 nitrogen and oxygen atoms in total. The first-order valence-corrected chi connectivity index (χ1v) is 10.6. The first-order valence-electron chi connectivity index (χ1n) is 10.6. The van der Waals surface area contributed by atoms with Gasteiger partial charge in [0.25, 0.3) is 0 Å². The summed E-state index contributed by atoms with van der Waals surface area (Å²) in [5.74, 6) is 1.99. The zero-order chi connectivity index (χ0) is 23.4. The summed E-state index contributed by atoms with van der Waals surface area (Å²) in [4.78, 5) is 11.0. The SMILES string of the molecule is Cc1nc(Oc2cc(C#N)ccc2-c2ccc(C(O)CN)c(O)c2)cc(N2CCOCC2)n1. The third-order valence-corrected chi connectivity index (χ3v) is 5.38. The first-order chi connectivity index (χ1) is 16.0. The van der Waals surface area contributed by atoms with E-state index in [1.807, 2.05) is 0 Å². The van der Waals surface area contributed by atoms with Crippen molar-refractivity contribution in [3.8, 4) is 34.6 Å². The van der Waals surface area contributed by atoms with Gasteiger partial charge in [-0.1, -0.05) is 12.1 Å². The lowest BCUT2D eigenvalue weighted by Crippen LogP contribution is -2.36. The van der Waals surface area contributed by atoms with E-state index < -0.39 is 6.10 Å². The molecule has 1 fully saturated rings. The number of anilines is 1. The summed E-state index contributed by atoms with van der Waals surface area (Å²) in [6.07, 6.45) is -0.960. The van der Waals surface area contributed by atoms with Gasteiger partial charge in [0.15, 0.2) is 0 Å². The number of morpholine rings is 1. The summed E-state index contributed by atoms with van der Waals surface area (Å²) in [7, 11) is 0. The Bertz CT molecular complexity index is 1190. The maximum Gasteiger partial charge on any atom is 0.224 e. The van der Waals surface area contributed by atoms with E-state index >= 15 is 0 Å². The number of aryl methyl sites for hydroxylation is 1. The van der Waals surface area contributed by atoms with Crippen molar-refractivity contribution >= 4 is 5.82 Å². The minimum atomic E-state index is -0.960. The molecule has 33 heavy (non-hydrogen) atoms. The fraction of sp³-hybridized carbons (Fsp3) is 0.292. The Labute approximate surface area is 191 Å². The maximum absolute atomic E-state index is 10.4. The van der Waals surface area contributed by atoms with Gasteiger partial charge in [0.05, 0.1) is 31.0 Å². The third-order valence-electron chi connectivity index (χ3n) is 5.38. The van der Waals surface area contributed by atoms with Crippen LogP contribution in [0.2, 0.25) is 0 Å². The average Bonchev–Trinajstić information content (AvgIpc) is 2.83. The number of aromatic nitrogens is 2. The number of phenols is 1. The smallest absolute Gasteiger partial charge is 0.224 e. The highest BCUT2D eigenvalue weighted by Crippen LogP contribution is 2.37. The number of nitriles is 1. The number of nitrogens with two attached hydrogens (primary N) is 1. The number of benzene rings is 2. The van der Waals surface area contributed by atoms with Gasteiger partial charge in [0.1, 0.15) is 23.1 Å². The van der Waals surface area contributed by atoms with E-state index in [1.54, 1.807) is 43.3 Å². The predicted octanol–water partition coefficient (Wildman–Crippen LogP) is 2.65. The van der Waals surface area contributed by atoms with Gasteiger partial charge in [-0.15, -0.1) is 0 Å². The maximum atomic E-state index is 10.4. The van der Waals surface area contributed by atoms with E-state index in [0.29, 0.717) is 52.9 Å². The summed E-state index contributed by atoms with van der Waals surface area (Å²) in [6.45, 7) is 4.51. The lowest BCUT2D eigenvalue weighted by atomic mass is 9.99. The molecule has 4 N–H and O–H groups in total. The molecule has 2 aromatic carbocycles. The number of hydrogen-bond acceptors (Lipinski definition) is 9. The molecule has 0 amide bonds. The zero-order valence-corrected chi connectivity index (χ0v) is 18.2. The molecule has 3 aromatic rings. The van der Waals surface area contributed by atoms with Crippen molar-refractivity contribution in [2.75, 3.05) is 37.7 Å². The molecular formula is C24H25N5O4. The average molecular weight is 447 g/mol. The van der Waals surface area contributed by atoms with Crippen LogP contribution < -0.4 is 15.4 Å². The van der Waals surface area contributed by atoms with Crippen LogP contribution >= 0.6 is 0 Å². The molecule has 1 atom stereocenters. The Hall–Kier alpha value is -3.71. The molecule has 170 valence electrons. The summed E-state index contributed by atoms with van der Waals surface area (Å²) < 4.78 is 11.6. The Morgan fingerprint density at radius 3 is 2.67 bits per heavy atom. The zero-order valence-electron chi connectivity index (χ0n) is 18.2. The van der Waals surface area contributed by atoms with Crippen molar-refractivity contribution in [1.82, 2.24) is 9.97 Å². The van der Waals surface area contributed by atoms with Gasteiger partial charge in [-0.25, -0.2) is 4.98 Å². The number of ether oxygens (including phenoxy) is 2. The minimum Gasteiger partial charge on any atom is -0.508 e. The number of aliphatic hydroxyl groups excluding tert-OH is 1. The number of phenolic OH excluding ortho intramolecular Hbond substituents is 1. The lowest BCUT2D eigenvalue weighted by Gasteiger charge is -2.28. The Kier molecular flexibility index (Phi) is 6.70. The van der Waals surface area contributed by atoms with Crippen molar-refractivity contribution in [3.63, 3.8) is 0 Å². The Morgan fingerprint density at radius 1 is 1.18 bits per heavy atom. The Balaban J connectivity index is 1.71. The fourth-order valence-corrected chi connectivity index (χ4v) is 3.68. The Morgan fingerprint density at radius 2 is 1.97 bits per heavy atom. The van der Waals surface area contributed by atoms with Crippen LogP contribution in [0.15, 0.2) is 42.5 Å². The van der Waals surface area contributed by atoms with E-state index in [-0.39, 0.29) is 12.3 Å². The summed E-state index contributed by atoms with van der Waals surface area (Å²) >= 11 is 0. The van der Waals surface area contributed by atoms with Crippen LogP contribution in [-0.4, -0.2) is 53.0 Å². The van der Waals surface area contributed by atoms with Gasteiger partial charge < -0.3 is 30.3 Å². The fourth-order valence-electron chi connectivity index (χ4n) is 3.68. The molecule has 0 saturated carbocycles. The number of aliphatic hydroxyl groups is 1. The van der Waals surface area contributed by atoms with Crippen molar-refractivity contribution in [2.24, 2.45) is 5.73 Å². The van der Waals surface area contributed by atoms with Gasteiger partial charge in [0, 0.05) is 36.8 Å². The standard InChI is InChI=1S/C24H25N5O4/c1-15-27-23(29-6-8-32-9-7-29)12-24(28-15)33-22-10-16(13-25)2-4-18(22)17-3-5-19(20(30)11-17)21(31)14-26/h2-5,10-12,21,30-31H,6-9,14,26H2,1H3. The second-order valence-electron chi connectivity index (χ2n) is 7.66. The summed E-state index contributed by atoms with van der Waals surface area (Å²) in [5, 5.41) is 29.8. The van der Waals surface area contributed by atoms with E-state index in [2.05, 4.69) is 20.9 Å². The molecule has 0 spiro atoms. The van der Waals surface area contributed by atoms with Gasteiger partial charge in [0.2, 0.25) is 5.88 Å². The normalized spacial score (nSPS) is 14.5. The van der Waals surface area contributed by atoms with Crippen molar-refractivity contribution < 1.29 is 19.7 Å². The highest BCUT2D eigenvalue weighted by molar-refractivity contribution is 5.73. The number of nitrogens with zero attached hydrogens (tertiary/aromatic N) is 4. The van der Waals surface area contributed by atoms with Crippen LogP contribution in [0, 0.1) is 18.3 Å². The minimum absolute atomic E-state index is 0.00330. The molecule has 1 aliphatic rings. The summed E-state index contributed by atoms with van der Waals surface area (Å²) in [5.41, 5.74) is 7.58. The van der Waals surface area contributed by atoms with E-state index in [9.17, 15) is 15.5 Å². The third kappa shape index (κ3) is 5.04. The second-order valence-corrected chi connectivity index (χ2v) is 7.66. The van der Waals surface area contributed by atoms with Crippen LogP contribution in [0.4, 0.5) is 5.82 Å². The highest BCUT2D eigenvalue weighted by Gasteiger charge is 2.18. The van der Waals surface area contributed by atoms with Crippen molar-refractivity contribution in [2.45, 2.75) is 13.0 Å². The topological polar surface area (TPSA) is 138 Å². The molecule has 1 unspecified atom stereocenters. The molecule has 9 heteroatoms. The molecule has 2 heterocycles. The number of aromatic hydroxyl groups is 1. The van der Waals surface area contributed by atoms with Crippen LogP contribution in [0.1, 0.15) is 23.1 Å². The summed E-state index contributed by atoms with van der Waals surface area (Å²) in [6, 6.07) is 13.8. The molecular weight excluding hydrogens is 422 g/mol. The number of hydrogen-bond donors (Lipinski definition) is 3. The molecule has 1 aliphatic heterocycles. The van der Waals surface area contributed by atoms with Crippen molar-refractivity contribution in [3.05, 3.63) is 59.4 Å². The predicted molar refractivity (Wildman–Crippen MR) is 122 cm³/mol. The first kappa shape index (κ1) is 22.5. The largest absolute Gasteiger partial charge is 0.508 e. The molecule has 0 bridgehead atoms. The van der Waals surface area contributed by atoms with Gasteiger partial charge >= 0.3 is 0 Å². The van der Waals surface area contributed by atoms with E-state index in [1.165, 1.54) is 6.07 Å². The molecule has 1 aromatic heterocycles. The molecule has 1 saturated heterocycles. The quantitative estimate of drug-likeness (QED) is 0.520. The second kappa shape index (κ2) is 9.83. The molecule has 0 aliphatic carbocycles. The highest BCUT2D eigenvalue weighted by atomic mass is 16.5. The molecule has 4 rings (SSSR count). The van der Waals surface area contributed by atoms with Gasteiger partial charge in [-0.05, 0) is 36.8 Å². The van der Waals surface area contributed by atoms with Gasteiger partial charge in [-0.3, -0.25) is 0 Å². The monoisotopic (exact) mass is 447 g/mol. The van der Waals surface area contributed by atoms with Crippen LogP contribution in [0.3, 0.4) is 0 Å². The van der Waals surface area contributed by atoms with Crippen LogP contribution in [0.25, 0.3) is 11.1 Å². The van der Waals surface area contributed by atoms with Crippen LogP contribution in [-0.2, 0) is 4.74 Å². The van der Waals surface area contributed by atoms with E-state index in [0.717, 1.165) is 18.9 Å². The van der Waals surface area contributed by atoms with Gasteiger partial charge in [-0.2, -0.15) is 10.2 Å². The number of rotatable bonds is 6. The lowest BCUT2D eigenvalue weighted by molar-refractivity contribution is 0.122. The molecule has 0 radical (unpaired) electrons. The van der Waals surface area contributed by atoms with Crippen LogP contribution in [0.5, 0.6) is 17.4 Å². The van der Waals surface area contributed by atoms with E-state index in [4.69, 9.17) is 15.2 Å². The van der Waals surface area contributed by atoms with Crippen molar-refractivity contribution in [1.29, 1.82) is 5.26 Å².